The SMILES string of the molecule is Cc1ccc(C#N)c(NCCOC2CCCCC2)n1. The van der Waals surface area contributed by atoms with Crippen molar-refractivity contribution in [1.82, 2.24) is 4.98 Å². The Morgan fingerprint density at radius 2 is 2.16 bits per heavy atom. The molecule has 1 fully saturated rings. The fourth-order valence-electron chi connectivity index (χ4n) is 2.41. The number of pyridine rings is 1. The summed E-state index contributed by atoms with van der Waals surface area (Å²) in [5.41, 5.74) is 1.50. The lowest BCUT2D eigenvalue weighted by Gasteiger charge is -2.22. The summed E-state index contributed by atoms with van der Waals surface area (Å²) in [7, 11) is 0. The van der Waals surface area contributed by atoms with Crippen LogP contribution < -0.4 is 5.32 Å². The standard InChI is InChI=1S/C15H21N3O/c1-12-7-8-13(11-16)15(18-12)17-9-10-19-14-5-3-2-4-6-14/h7-8,14H,2-6,9-10H2,1H3,(H,17,18). The van der Waals surface area contributed by atoms with Crippen molar-refractivity contribution in [2.75, 3.05) is 18.5 Å². The lowest BCUT2D eigenvalue weighted by molar-refractivity contribution is 0.0347. The minimum atomic E-state index is 0.427. The Balaban J connectivity index is 1.76. The van der Waals surface area contributed by atoms with E-state index in [1.165, 1.54) is 32.1 Å². The molecule has 0 radical (unpaired) electrons. The van der Waals surface area contributed by atoms with Crippen LogP contribution in [0.5, 0.6) is 0 Å². The first-order valence-electron chi connectivity index (χ1n) is 7.03. The molecular weight excluding hydrogens is 238 g/mol. The van der Waals surface area contributed by atoms with Gasteiger partial charge in [-0.25, -0.2) is 4.98 Å². The van der Waals surface area contributed by atoms with Gasteiger partial charge in [0, 0.05) is 12.2 Å². The highest BCUT2D eigenvalue weighted by molar-refractivity contribution is 5.52. The number of nitriles is 1. The summed E-state index contributed by atoms with van der Waals surface area (Å²) in [6.45, 7) is 3.29. The molecule has 0 amide bonds. The highest BCUT2D eigenvalue weighted by atomic mass is 16.5. The average Bonchev–Trinajstić information content (AvgIpc) is 2.45. The normalized spacial score (nSPS) is 16.0. The van der Waals surface area contributed by atoms with Crippen LogP contribution in [0.15, 0.2) is 12.1 Å². The molecule has 1 aromatic rings. The van der Waals surface area contributed by atoms with E-state index >= 15 is 0 Å². The van der Waals surface area contributed by atoms with Crippen LogP contribution in [0.25, 0.3) is 0 Å². The second kappa shape index (κ2) is 7.10. The van der Waals surface area contributed by atoms with Crippen molar-refractivity contribution in [2.45, 2.75) is 45.1 Å². The van der Waals surface area contributed by atoms with Gasteiger partial charge in [0.15, 0.2) is 0 Å². The molecule has 1 aromatic heterocycles. The molecule has 1 aliphatic carbocycles. The van der Waals surface area contributed by atoms with Crippen molar-refractivity contribution in [2.24, 2.45) is 0 Å². The van der Waals surface area contributed by atoms with Crippen LogP contribution in [0, 0.1) is 18.3 Å². The molecule has 0 aromatic carbocycles. The Labute approximate surface area is 114 Å². The number of aromatic nitrogens is 1. The Bertz CT molecular complexity index is 447. The highest BCUT2D eigenvalue weighted by Crippen LogP contribution is 2.20. The van der Waals surface area contributed by atoms with E-state index in [4.69, 9.17) is 10.00 Å². The van der Waals surface area contributed by atoms with E-state index in [1.807, 2.05) is 13.0 Å². The maximum atomic E-state index is 9.01. The van der Waals surface area contributed by atoms with E-state index in [1.54, 1.807) is 6.07 Å². The first-order chi connectivity index (χ1) is 9.29. The van der Waals surface area contributed by atoms with Crippen LogP contribution >= 0.6 is 0 Å². The summed E-state index contributed by atoms with van der Waals surface area (Å²) < 4.78 is 5.84. The number of hydrogen-bond acceptors (Lipinski definition) is 4. The van der Waals surface area contributed by atoms with Gasteiger partial charge in [0.2, 0.25) is 0 Å². The molecule has 1 heterocycles. The maximum absolute atomic E-state index is 9.01. The molecule has 102 valence electrons. The van der Waals surface area contributed by atoms with Crippen LogP contribution in [-0.2, 0) is 4.74 Å². The smallest absolute Gasteiger partial charge is 0.144 e. The Hall–Kier alpha value is -1.60. The zero-order valence-electron chi connectivity index (χ0n) is 11.5. The van der Waals surface area contributed by atoms with Crippen LogP contribution in [0.3, 0.4) is 0 Å². The number of anilines is 1. The molecule has 0 bridgehead atoms. The van der Waals surface area contributed by atoms with E-state index < -0.39 is 0 Å². The van der Waals surface area contributed by atoms with Gasteiger partial charge in [0.1, 0.15) is 11.9 Å². The van der Waals surface area contributed by atoms with E-state index in [0.29, 0.717) is 30.6 Å². The summed E-state index contributed by atoms with van der Waals surface area (Å²) in [6, 6.07) is 5.79. The molecule has 2 rings (SSSR count). The fraction of sp³-hybridized carbons (Fsp3) is 0.600. The molecule has 1 saturated carbocycles. The largest absolute Gasteiger partial charge is 0.376 e. The minimum Gasteiger partial charge on any atom is -0.376 e. The lowest BCUT2D eigenvalue weighted by Crippen LogP contribution is -2.21. The Morgan fingerprint density at radius 3 is 2.89 bits per heavy atom. The zero-order valence-corrected chi connectivity index (χ0v) is 11.5. The van der Waals surface area contributed by atoms with Gasteiger partial charge < -0.3 is 10.1 Å². The molecule has 19 heavy (non-hydrogen) atoms. The molecule has 0 unspecified atom stereocenters. The lowest BCUT2D eigenvalue weighted by atomic mass is 9.98. The first-order valence-corrected chi connectivity index (χ1v) is 7.03. The van der Waals surface area contributed by atoms with Crippen LogP contribution in [0.1, 0.15) is 43.4 Å². The van der Waals surface area contributed by atoms with Gasteiger partial charge in [-0.2, -0.15) is 5.26 Å². The predicted molar refractivity (Wildman–Crippen MR) is 75.0 cm³/mol. The Morgan fingerprint density at radius 1 is 1.37 bits per heavy atom. The number of rotatable bonds is 5. The number of aryl methyl sites for hydroxylation is 1. The summed E-state index contributed by atoms with van der Waals surface area (Å²) in [5.74, 6) is 0.662. The second-order valence-electron chi connectivity index (χ2n) is 5.02. The van der Waals surface area contributed by atoms with Crippen molar-refractivity contribution < 1.29 is 4.74 Å². The quantitative estimate of drug-likeness (QED) is 0.826. The fourth-order valence-corrected chi connectivity index (χ4v) is 2.41. The topological polar surface area (TPSA) is 57.9 Å². The summed E-state index contributed by atoms with van der Waals surface area (Å²) in [6.07, 6.45) is 6.72. The molecule has 0 saturated heterocycles. The van der Waals surface area contributed by atoms with Gasteiger partial charge in [-0.05, 0) is 31.9 Å². The third kappa shape index (κ3) is 4.22. The molecule has 1 aliphatic rings. The third-order valence-electron chi connectivity index (χ3n) is 3.46. The number of hydrogen-bond donors (Lipinski definition) is 1. The van der Waals surface area contributed by atoms with Gasteiger partial charge in [0.05, 0.1) is 18.3 Å². The number of nitrogens with zero attached hydrogens (tertiary/aromatic N) is 2. The van der Waals surface area contributed by atoms with E-state index in [2.05, 4.69) is 16.4 Å². The van der Waals surface area contributed by atoms with E-state index in [0.717, 1.165) is 5.69 Å². The number of ether oxygens (including phenoxy) is 1. The van der Waals surface area contributed by atoms with Crippen molar-refractivity contribution in [1.29, 1.82) is 5.26 Å². The molecule has 4 heteroatoms. The Kier molecular flexibility index (Phi) is 5.17. The summed E-state index contributed by atoms with van der Waals surface area (Å²) in [5, 5.41) is 12.2. The average molecular weight is 259 g/mol. The highest BCUT2D eigenvalue weighted by Gasteiger charge is 2.13. The zero-order chi connectivity index (χ0) is 13.5. The molecule has 0 aliphatic heterocycles. The van der Waals surface area contributed by atoms with Crippen LogP contribution in [0.2, 0.25) is 0 Å². The van der Waals surface area contributed by atoms with Crippen LogP contribution in [0.4, 0.5) is 5.82 Å². The van der Waals surface area contributed by atoms with Crippen molar-refractivity contribution >= 4 is 5.82 Å². The van der Waals surface area contributed by atoms with Gasteiger partial charge in [-0.3, -0.25) is 0 Å². The predicted octanol–water partition coefficient (Wildman–Crippen LogP) is 3.02. The van der Waals surface area contributed by atoms with Crippen molar-refractivity contribution in [3.05, 3.63) is 23.4 Å². The van der Waals surface area contributed by atoms with Gasteiger partial charge in [-0.1, -0.05) is 19.3 Å². The van der Waals surface area contributed by atoms with E-state index in [9.17, 15) is 0 Å². The second-order valence-corrected chi connectivity index (χ2v) is 5.02. The monoisotopic (exact) mass is 259 g/mol. The van der Waals surface area contributed by atoms with E-state index in [-0.39, 0.29) is 0 Å². The third-order valence-corrected chi connectivity index (χ3v) is 3.46. The number of nitrogens with one attached hydrogen (secondary N) is 1. The van der Waals surface area contributed by atoms with Gasteiger partial charge >= 0.3 is 0 Å². The molecular formula is C15H21N3O. The van der Waals surface area contributed by atoms with Crippen molar-refractivity contribution in [3.8, 4) is 6.07 Å². The maximum Gasteiger partial charge on any atom is 0.144 e. The molecule has 0 spiro atoms. The minimum absolute atomic E-state index is 0.427. The van der Waals surface area contributed by atoms with Crippen LogP contribution in [-0.4, -0.2) is 24.2 Å². The molecule has 0 atom stereocenters. The van der Waals surface area contributed by atoms with Crippen molar-refractivity contribution in [3.63, 3.8) is 0 Å². The molecule has 1 N–H and O–H groups in total. The van der Waals surface area contributed by atoms with Gasteiger partial charge in [-0.15, -0.1) is 0 Å². The molecule has 4 nitrogen and oxygen atoms in total. The summed E-state index contributed by atoms with van der Waals surface area (Å²) in [4.78, 5) is 4.34. The first kappa shape index (κ1) is 13.8. The summed E-state index contributed by atoms with van der Waals surface area (Å²) >= 11 is 0. The van der Waals surface area contributed by atoms with Gasteiger partial charge in [0.25, 0.3) is 0 Å².